The molecule has 2 amide bonds. The second kappa shape index (κ2) is 7.54. The number of carbonyl (C=O) groups excluding carboxylic acids is 2. The molecule has 2 aromatic carbocycles. The van der Waals surface area contributed by atoms with Gasteiger partial charge >= 0.3 is 0 Å². The minimum Gasteiger partial charge on any atom is -0.495 e. The SMILES string of the molecule is COc1ccc(C)cc1NC(=O)CN1C(=O)COc2cc(C(C)(C)C)ccc21. The molecule has 6 nitrogen and oxygen atoms in total. The number of aryl methyl sites for hydroxylation is 1. The van der Waals surface area contributed by atoms with E-state index in [0.717, 1.165) is 11.1 Å². The second-order valence-corrected chi connectivity index (χ2v) is 7.95. The maximum absolute atomic E-state index is 12.6. The minimum absolute atomic E-state index is 0.0379. The molecular weight excluding hydrogens is 356 g/mol. The number of hydrogen-bond acceptors (Lipinski definition) is 4. The van der Waals surface area contributed by atoms with E-state index < -0.39 is 0 Å². The number of rotatable bonds is 4. The lowest BCUT2D eigenvalue weighted by atomic mass is 9.86. The number of benzene rings is 2. The number of hydrogen-bond donors (Lipinski definition) is 1. The summed E-state index contributed by atoms with van der Waals surface area (Å²) in [4.78, 5) is 26.5. The van der Waals surface area contributed by atoms with E-state index in [9.17, 15) is 9.59 Å². The first-order chi connectivity index (χ1) is 13.2. The summed E-state index contributed by atoms with van der Waals surface area (Å²) in [6.07, 6.45) is 0. The Labute approximate surface area is 165 Å². The Bertz CT molecular complexity index is 915. The summed E-state index contributed by atoms with van der Waals surface area (Å²) in [5.74, 6) is 0.641. The van der Waals surface area contributed by atoms with Crippen LogP contribution in [0.3, 0.4) is 0 Å². The van der Waals surface area contributed by atoms with Gasteiger partial charge in [0, 0.05) is 0 Å². The molecule has 0 radical (unpaired) electrons. The fourth-order valence-corrected chi connectivity index (χ4v) is 3.10. The summed E-state index contributed by atoms with van der Waals surface area (Å²) in [6, 6.07) is 11.3. The fourth-order valence-electron chi connectivity index (χ4n) is 3.10. The lowest BCUT2D eigenvalue weighted by Crippen LogP contribution is -2.43. The molecule has 1 aliphatic rings. The van der Waals surface area contributed by atoms with E-state index in [0.29, 0.717) is 22.9 Å². The van der Waals surface area contributed by atoms with Gasteiger partial charge in [0.05, 0.1) is 18.5 Å². The molecule has 0 aliphatic carbocycles. The third kappa shape index (κ3) is 4.11. The molecule has 0 unspecified atom stereocenters. The standard InChI is InChI=1S/C22H26N2O4/c1-14-6-9-18(27-5)16(10-14)23-20(25)12-24-17-8-7-15(22(2,3)4)11-19(17)28-13-21(24)26/h6-11H,12-13H2,1-5H3,(H,23,25). The van der Waals surface area contributed by atoms with Crippen molar-refractivity contribution in [3.63, 3.8) is 0 Å². The topological polar surface area (TPSA) is 67.9 Å². The molecule has 1 N–H and O–H groups in total. The van der Waals surface area contributed by atoms with E-state index in [1.807, 2.05) is 37.3 Å². The highest BCUT2D eigenvalue weighted by molar-refractivity contribution is 6.05. The number of fused-ring (bicyclic) bond motifs is 1. The normalized spacial score (nSPS) is 13.6. The summed E-state index contributed by atoms with van der Waals surface area (Å²) in [5, 5.41) is 2.84. The quantitative estimate of drug-likeness (QED) is 0.876. The summed E-state index contributed by atoms with van der Waals surface area (Å²) in [5.41, 5.74) is 3.25. The largest absolute Gasteiger partial charge is 0.495 e. The van der Waals surface area contributed by atoms with Gasteiger partial charge in [-0.3, -0.25) is 14.5 Å². The van der Waals surface area contributed by atoms with Crippen LogP contribution in [0.1, 0.15) is 31.9 Å². The zero-order valence-corrected chi connectivity index (χ0v) is 17.0. The number of ether oxygens (including phenoxy) is 2. The average molecular weight is 382 g/mol. The first-order valence-corrected chi connectivity index (χ1v) is 9.21. The Balaban J connectivity index is 1.82. The summed E-state index contributed by atoms with van der Waals surface area (Å²) in [6.45, 7) is 8.10. The van der Waals surface area contributed by atoms with Crippen LogP contribution in [0.4, 0.5) is 11.4 Å². The Morgan fingerprint density at radius 1 is 1.21 bits per heavy atom. The van der Waals surface area contributed by atoms with Crippen molar-refractivity contribution < 1.29 is 19.1 Å². The van der Waals surface area contributed by atoms with Crippen LogP contribution in [0, 0.1) is 6.92 Å². The molecule has 0 saturated carbocycles. The van der Waals surface area contributed by atoms with Gasteiger partial charge in [-0.1, -0.05) is 32.9 Å². The van der Waals surface area contributed by atoms with E-state index in [2.05, 4.69) is 26.1 Å². The zero-order chi connectivity index (χ0) is 20.5. The molecule has 28 heavy (non-hydrogen) atoms. The van der Waals surface area contributed by atoms with Gasteiger partial charge in [-0.25, -0.2) is 0 Å². The van der Waals surface area contributed by atoms with Gasteiger partial charge in [0.25, 0.3) is 5.91 Å². The summed E-state index contributed by atoms with van der Waals surface area (Å²) < 4.78 is 10.9. The zero-order valence-electron chi connectivity index (χ0n) is 17.0. The number of methoxy groups -OCH3 is 1. The fraction of sp³-hybridized carbons (Fsp3) is 0.364. The van der Waals surface area contributed by atoms with Gasteiger partial charge in [-0.05, 0) is 47.7 Å². The minimum atomic E-state index is -0.301. The van der Waals surface area contributed by atoms with E-state index in [1.54, 1.807) is 13.2 Å². The number of amides is 2. The lowest BCUT2D eigenvalue weighted by molar-refractivity contribution is -0.123. The summed E-state index contributed by atoms with van der Waals surface area (Å²) >= 11 is 0. The van der Waals surface area contributed by atoms with Gasteiger partial charge in [0.15, 0.2) is 6.61 Å². The van der Waals surface area contributed by atoms with Gasteiger partial charge in [-0.15, -0.1) is 0 Å². The molecule has 1 heterocycles. The third-order valence-corrected chi connectivity index (χ3v) is 4.70. The van der Waals surface area contributed by atoms with Gasteiger partial charge in [0.2, 0.25) is 5.91 Å². The van der Waals surface area contributed by atoms with E-state index >= 15 is 0 Å². The highest BCUT2D eigenvalue weighted by Gasteiger charge is 2.29. The predicted octanol–water partition coefficient (Wildman–Crippen LogP) is 3.67. The molecule has 1 aliphatic heterocycles. The highest BCUT2D eigenvalue weighted by Crippen LogP contribution is 2.36. The number of carbonyl (C=O) groups is 2. The third-order valence-electron chi connectivity index (χ3n) is 4.70. The molecule has 148 valence electrons. The van der Waals surface area contributed by atoms with Gasteiger partial charge in [0.1, 0.15) is 18.0 Å². The molecule has 0 bridgehead atoms. The Hall–Kier alpha value is -3.02. The van der Waals surface area contributed by atoms with Crippen molar-refractivity contribution in [2.24, 2.45) is 0 Å². The molecule has 6 heteroatoms. The van der Waals surface area contributed by atoms with Crippen LogP contribution >= 0.6 is 0 Å². The highest BCUT2D eigenvalue weighted by atomic mass is 16.5. The number of anilines is 2. The van der Waals surface area contributed by atoms with Crippen LogP contribution in [-0.2, 0) is 15.0 Å². The molecule has 3 rings (SSSR count). The maximum atomic E-state index is 12.6. The molecule has 0 aromatic heterocycles. The van der Waals surface area contributed by atoms with Crippen LogP contribution in [0.15, 0.2) is 36.4 Å². The predicted molar refractivity (Wildman–Crippen MR) is 109 cm³/mol. The van der Waals surface area contributed by atoms with Gasteiger partial charge < -0.3 is 14.8 Å². The molecule has 0 saturated heterocycles. The maximum Gasteiger partial charge on any atom is 0.265 e. The van der Waals surface area contributed by atoms with Crippen molar-refractivity contribution >= 4 is 23.2 Å². The van der Waals surface area contributed by atoms with E-state index in [-0.39, 0.29) is 30.4 Å². The van der Waals surface area contributed by atoms with Crippen LogP contribution in [-0.4, -0.2) is 32.1 Å². The van der Waals surface area contributed by atoms with Crippen molar-refractivity contribution in [1.29, 1.82) is 0 Å². The average Bonchev–Trinajstić information content (AvgIpc) is 2.63. The molecule has 0 atom stereocenters. The van der Waals surface area contributed by atoms with Crippen LogP contribution in [0.5, 0.6) is 11.5 Å². The van der Waals surface area contributed by atoms with Crippen molar-refractivity contribution in [2.75, 3.05) is 30.5 Å². The Morgan fingerprint density at radius 3 is 2.64 bits per heavy atom. The second-order valence-electron chi connectivity index (χ2n) is 7.95. The molecule has 0 spiro atoms. The summed E-state index contributed by atoms with van der Waals surface area (Å²) in [7, 11) is 1.55. The van der Waals surface area contributed by atoms with Crippen molar-refractivity contribution in [1.82, 2.24) is 0 Å². The first-order valence-electron chi connectivity index (χ1n) is 9.21. The molecular formula is C22H26N2O4. The van der Waals surface area contributed by atoms with E-state index in [1.165, 1.54) is 4.90 Å². The van der Waals surface area contributed by atoms with Crippen LogP contribution in [0.25, 0.3) is 0 Å². The monoisotopic (exact) mass is 382 g/mol. The van der Waals surface area contributed by atoms with Crippen molar-refractivity contribution in [3.05, 3.63) is 47.5 Å². The lowest BCUT2D eigenvalue weighted by Gasteiger charge is -2.30. The Morgan fingerprint density at radius 2 is 1.96 bits per heavy atom. The van der Waals surface area contributed by atoms with E-state index in [4.69, 9.17) is 9.47 Å². The molecule has 0 fully saturated rings. The van der Waals surface area contributed by atoms with Crippen LogP contribution < -0.4 is 19.7 Å². The number of nitrogens with one attached hydrogen (secondary N) is 1. The van der Waals surface area contributed by atoms with Crippen molar-refractivity contribution in [3.8, 4) is 11.5 Å². The molecule has 2 aromatic rings. The first kappa shape index (κ1) is 19.7. The van der Waals surface area contributed by atoms with Crippen LogP contribution in [0.2, 0.25) is 0 Å². The Kier molecular flexibility index (Phi) is 5.31. The number of nitrogens with zero attached hydrogens (tertiary/aromatic N) is 1. The smallest absolute Gasteiger partial charge is 0.265 e. The van der Waals surface area contributed by atoms with Gasteiger partial charge in [-0.2, -0.15) is 0 Å². The van der Waals surface area contributed by atoms with Crippen molar-refractivity contribution in [2.45, 2.75) is 33.1 Å².